The molecule has 172 valence electrons. The molecule has 1 N–H and O–H groups in total. The number of rotatable bonds is 5. The van der Waals surface area contributed by atoms with Crippen molar-refractivity contribution in [3.05, 3.63) is 125 Å². The molecule has 2 atom stereocenters. The lowest BCUT2D eigenvalue weighted by atomic mass is 9.83. The highest BCUT2D eigenvalue weighted by Gasteiger charge is 2.50. The first-order chi connectivity index (χ1) is 17.0. The van der Waals surface area contributed by atoms with Gasteiger partial charge in [-0.3, -0.25) is 19.4 Å². The van der Waals surface area contributed by atoms with Crippen LogP contribution in [0.5, 0.6) is 0 Å². The van der Waals surface area contributed by atoms with Crippen LogP contribution in [-0.4, -0.2) is 22.7 Å². The molecule has 4 aromatic rings. The average Bonchev–Trinajstić information content (AvgIpc) is 3.15. The van der Waals surface area contributed by atoms with Crippen LogP contribution in [0.4, 0.5) is 11.4 Å². The fraction of sp³-hybridized carbons (Fsp3) is 0.0714. The first-order valence-electron chi connectivity index (χ1n) is 11.0. The quantitative estimate of drug-likeness (QED) is 0.385. The number of imide groups is 1. The zero-order chi connectivity index (χ0) is 24.4. The Morgan fingerprint density at radius 2 is 1.34 bits per heavy atom. The summed E-state index contributed by atoms with van der Waals surface area (Å²) in [6.45, 7) is 0. The normalized spacial score (nSPS) is 17.5. The SMILES string of the molecule is O=C(Nc1ccc(N2C(=O)C(c3ccccc3)C(c3ccccc3)C2=O)c(Cl)c1)c1ccccn1. The van der Waals surface area contributed by atoms with Gasteiger partial charge in [0, 0.05) is 11.9 Å². The molecule has 0 spiro atoms. The maximum Gasteiger partial charge on any atom is 0.274 e. The Kier molecular flexibility index (Phi) is 6.12. The fourth-order valence-electron chi connectivity index (χ4n) is 4.36. The Balaban J connectivity index is 1.49. The highest BCUT2D eigenvalue weighted by Crippen LogP contribution is 2.45. The number of benzene rings is 3. The maximum absolute atomic E-state index is 13.7. The number of nitrogens with zero attached hydrogens (tertiary/aromatic N) is 2. The third-order valence-electron chi connectivity index (χ3n) is 5.97. The molecule has 1 saturated heterocycles. The van der Waals surface area contributed by atoms with Gasteiger partial charge in [-0.05, 0) is 41.5 Å². The first-order valence-corrected chi connectivity index (χ1v) is 11.4. The van der Waals surface area contributed by atoms with E-state index in [1.54, 1.807) is 30.3 Å². The molecule has 1 aliphatic rings. The molecular formula is C28H20ClN3O3. The number of aromatic nitrogens is 1. The van der Waals surface area contributed by atoms with Crippen LogP contribution in [0.2, 0.25) is 5.02 Å². The second kappa shape index (κ2) is 9.52. The van der Waals surface area contributed by atoms with E-state index in [0.717, 1.165) is 16.0 Å². The molecule has 0 aliphatic carbocycles. The summed E-state index contributed by atoms with van der Waals surface area (Å²) in [6, 6.07) is 28.3. The van der Waals surface area contributed by atoms with Gasteiger partial charge in [-0.25, -0.2) is 4.90 Å². The van der Waals surface area contributed by atoms with Gasteiger partial charge in [-0.2, -0.15) is 0 Å². The molecule has 0 bridgehead atoms. The molecule has 5 rings (SSSR count). The molecule has 0 saturated carbocycles. The minimum Gasteiger partial charge on any atom is -0.321 e. The van der Waals surface area contributed by atoms with Gasteiger partial charge in [-0.15, -0.1) is 0 Å². The average molecular weight is 482 g/mol. The summed E-state index contributed by atoms with van der Waals surface area (Å²) in [5.74, 6) is -2.43. The number of anilines is 2. The van der Waals surface area contributed by atoms with E-state index in [2.05, 4.69) is 10.3 Å². The van der Waals surface area contributed by atoms with Crippen LogP contribution in [0.25, 0.3) is 0 Å². The van der Waals surface area contributed by atoms with Crippen molar-refractivity contribution in [1.82, 2.24) is 4.98 Å². The fourth-order valence-corrected chi connectivity index (χ4v) is 4.62. The molecule has 2 unspecified atom stereocenters. The van der Waals surface area contributed by atoms with Gasteiger partial charge in [-0.1, -0.05) is 78.3 Å². The lowest BCUT2D eigenvalue weighted by Crippen LogP contribution is -2.31. The summed E-state index contributed by atoms with van der Waals surface area (Å²) in [4.78, 5) is 45.0. The summed E-state index contributed by atoms with van der Waals surface area (Å²) in [5.41, 5.74) is 2.48. The standard InChI is InChI=1S/C28H20ClN3O3/c29-21-17-20(31-26(33)22-13-7-8-16-30-22)14-15-23(21)32-27(34)24(18-9-3-1-4-10-18)25(28(32)35)19-11-5-2-6-12-19/h1-17,24-25H,(H,31,33). The third kappa shape index (κ3) is 4.32. The van der Waals surface area contributed by atoms with E-state index in [1.807, 2.05) is 60.7 Å². The Hall–Kier alpha value is -4.29. The third-order valence-corrected chi connectivity index (χ3v) is 6.27. The number of halogens is 1. The molecule has 35 heavy (non-hydrogen) atoms. The highest BCUT2D eigenvalue weighted by molar-refractivity contribution is 6.37. The summed E-state index contributed by atoms with van der Waals surface area (Å²) >= 11 is 6.54. The van der Waals surface area contributed by atoms with Gasteiger partial charge in [0.1, 0.15) is 5.69 Å². The minimum absolute atomic E-state index is 0.172. The van der Waals surface area contributed by atoms with E-state index in [1.165, 1.54) is 12.3 Å². The van der Waals surface area contributed by atoms with Crippen LogP contribution in [0.3, 0.4) is 0 Å². The molecule has 1 aliphatic heterocycles. The maximum atomic E-state index is 13.7. The zero-order valence-corrected chi connectivity index (χ0v) is 19.2. The van der Waals surface area contributed by atoms with E-state index in [0.29, 0.717) is 5.69 Å². The van der Waals surface area contributed by atoms with E-state index >= 15 is 0 Å². The van der Waals surface area contributed by atoms with Crippen LogP contribution < -0.4 is 10.2 Å². The Morgan fingerprint density at radius 3 is 1.86 bits per heavy atom. The van der Waals surface area contributed by atoms with Gasteiger partial charge in [0.05, 0.1) is 22.5 Å². The number of hydrogen-bond acceptors (Lipinski definition) is 4. The van der Waals surface area contributed by atoms with Crippen molar-refractivity contribution in [1.29, 1.82) is 0 Å². The van der Waals surface area contributed by atoms with Crippen molar-refractivity contribution >= 4 is 40.7 Å². The Morgan fingerprint density at radius 1 is 0.771 bits per heavy atom. The molecule has 2 heterocycles. The molecule has 0 radical (unpaired) electrons. The number of amides is 3. The largest absolute Gasteiger partial charge is 0.321 e. The minimum atomic E-state index is -0.675. The van der Waals surface area contributed by atoms with Crippen LogP contribution >= 0.6 is 11.6 Å². The van der Waals surface area contributed by atoms with Crippen molar-refractivity contribution in [3.63, 3.8) is 0 Å². The van der Waals surface area contributed by atoms with Crippen molar-refractivity contribution in [2.75, 3.05) is 10.2 Å². The molecular weight excluding hydrogens is 462 g/mol. The van der Waals surface area contributed by atoms with Crippen LogP contribution in [0, 0.1) is 0 Å². The van der Waals surface area contributed by atoms with Gasteiger partial charge in [0.25, 0.3) is 5.91 Å². The lowest BCUT2D eigenvalue weighted by Gasteiger charge is -2.17. The summed E-state index contributed by atoms with van der Waals surface area (Å²) in [5, 5.41) is 2.91. The van der Waals surface area contributed by atoms with Crippen molar-refractivity contribution in [2.24, 2.45) is 0 Å². The Bertz CT molecular complexity index is 1340. The highest BCUT2D eigenvalue weighted by atomic mass is 35.5. The van der Waals surface area contributed by atoms with Gasteiger partial charge < -0.3 is 5.32 Å². The van der Waals surface area contributed by atoms with E-state index in [4.69, 9.17) is 11.6 Å². The van der Waals surface area contributed by atoms with E-state index < -0.39 is 17.7 Å². The van der Waals surface area contributed by atoms with Crippen molar-refractivity contribution < 1.29 is 14.4 Å². The van der Waals surface area contributed by atoms with E-state index in [-0.39, 0.29) is 28.2 Å². The second-order valence-electron chi connectivity index (χ2n) is 8.12. The predicted octanol–water partition coefficient (Wildman–Crippen LogP) is 5.43. The zero-order valence-electron chi connectivity index (χ0n) is 18.5. The molecule has 3 amide bonds. The molecule has 1 aromatic heterocycles. The number of pyridine rings is 1. The van der Waals surface area contributed by atoms with Crippen LogP contribution in [-0.2, 0) is 9.59 Å². The summed E-state index contributed by atoms with van der Waals surface area (Å²) in [6.07, 6.45) is 1.53. The predicted molar refractivity (Wildman–Crippen MR) is 135 cm³/mol. The lowest BCUT2D eigenvalue weighted by molar-refractivity contribution is -0.121. The van der Waals surface area contributed by atoms with Crippen LogP contribution in [0.1, 0.15) is 33.5 Å². The number of nitrogens with one attached hydrogen (secondary N) is 1. The topological polar surface area (TPSA) is 79.4 Å². The monoisotopic (exact) mass is 481 g/mol. The molecule has 1 fully saturated rings. The summed E-state index contributed by atoms with van der Waals surface area (Å²) in [7, 11) is 0. The molecule has 6 nitrogen and oxygen atoms in total. The molecule has 3 aromatic carbocycles. The van der Waals surface area contributed by atoms with Gasteiger partial charge >= 0.3 is 0 Å². The van der Waals surface area contributed by atoms with Crippen LogP contribution in [0.15, 0.2) is 103 Å². The summed E-state index contributed by atoms with van der Waals surface area (Å²) < 4.78 is 0. The number of carbonyl (C=O) groups excluding carboxylic acids is 3. The number of hydrogen-bond donors (Lipinski definition) is 1. The van der Waals surface area contributed by atoms with Crippen molar-refractivity contribution in [2.45, 2.75) is 11.8 Å². The first kappa shape index (κ1) is 22.5. The molecule has 7 heteroatoms. The second-order valence-corrected chi connectivity index (χ2v) is 8.53. The van der Waals surface area contributed by atoms with Crippen molar-refractivity contribution in [3.8, 4) is 0 Å². The number of carbonyl (C=O) groups is 3. The van der Waals surface area contributed by atoms with Gasteiger partial charge in [0.2, 0.25) is 11.8 Å². The van der Waals surface area contributed by atoms with E-state index in [9.17, 15) is 14.4 Å². The van der Waals surface area contributed by atoms with Gasteiger partial charge in [0.15, 0.2) is 0 Å². The Labute approximate surface area is 207 Å². The smallest absolute Gasteiger partial charge is 0.274 e.